The monoisotopic (exact) mass is 363 g/mol. The number of nitrogens with zero attached hydrogens (tertiary/aromatic N) is 1. The molecule has 0 aliphatic carbocycles. The molecule has 4 atom stereocenters. The normalized spacial score (nSPS) is 30.7. The van der Waals surface area contributed by atoms with Crippen LogP contribution in [0.5, 0.6) is 5.75 Å². The lowest BCUT2D eigenvalue weighted by atomic mass is 9.82. The quantitative estimate of drug-likeness (QED) is 0.374. The van der Waals surface area contributed by atoms with Crippen LogP contribution in [-0.4, -0.2) is 54.5 Å². The number of nitrogens with two attached hydrogens (primary N) is 1. The fourth-order valence-corrected chi connectivity index (χ4v) is 3.82. The molecular formula is C16H17N3O7. The summed E-state index contributed by atoms with van der Waals surface area (Å²) in [5.74, 6) is -3.12. The maximum Gasteiger partial charge on any atom is 0.404 e. The Morgan fingerprint density at radius 3 is 2.96 bits per heavy atom. The van der Waals surface area contributed by atoms with Crippen molar-refractivity contribution in [2.24, 2.45) is 5.73 Å². The van der Waals surface area contributed by atoms with Gasteiger partial charge in [-0.2, -0.15) is 0 Å². The number of amides is 1. The minimum absolute atomic E-state index is 0.0191. The Balaban J connectivity index is 1.88. The predicted octanol–water partition coefficient (Wildman–Crippen LogP) is -0.251. The average molecular weight is 363 g/mol. The van der Waals surface area contributed by atoms with Crippen LogP contribution in [-0.2, 0) is 19.1 Å². The molecule has 1 aromatic rings. The molecule has 4 N–H and O–H groups in total. The number of esters is 1. The molecular weight excluding hydrogens is 346 g/mol. The highest BCUT2D eigenvalue weighted by atomic mass is 16.8. The van der Waals surface area contributed by atoms with Gasteiger partial charge in [0.1, 0.15) is 18.6 Å². The zero-order chi connectivity index (χ0) is 18.6. The second-order valence-electron chi connectivity index (χ2n) is 6.49. The number of primary amides is 1. The van der Waals surface area contributed by atoms with Crippen LogP contribution >= 0.6 is 0 Å². The van der Waals surface area contributed by atoms with E-state index in [-0.39, 0.29) is 30.0 Å². The fourth-order valence-electron chi connectivity index (χ4n) is 3.82. The second-order valence-corrected chi connectivity index (χ2v) is 6.49. The van der Waals surface area contributed by atoms with Crippen molar-refractivity contribution in [2.45, 2.75) is 30.7 Å². The minimum atomic E-state index is -1.50. The largest absolute Gasteiger partial charge is 0.508 e. The van der Waals surface area contributed by atoms with E-state index in [2.05, 4.69) is 5.32 Å². The zero-order valence-corrected chi connectivity index (χ0v) is 13.8. The highest BCUT2D eigenvalue weighted by molar-refractivity contribution is 5.81. The number of carbonyl (C=O) groups excluding carboxylic acids is 3. The first-order valence-corrected chi connectivity index (χ1v) is 8.02. The highest BCUT2D eigenvalue weighted by Crippen LogP contribution is 2.54. The molecule has 138 valence electrons. The average Bonchev–Trinajstić information content (AvgIpc) is 3.34. The summed E-state index contributed by atoms with van der Waals surface area (Å²) in [6, 6.07) is 2.50. The van der Waals surface area contributed by atoms with Gasteiger partial charge in [-0.15, -0.1) is 0 Å². The smallest absolute Gasteiger partial charge is 0.404 e. The number of hydrogen-bond acceptors (Lipinski definition) is 9. The Labute approximate surface area is 147 Å². The first-order chi connectivity index (χ1) is 12.4. The van der Waals surface area contributed by atoms with Gasteiger partial charge >= 0.3 is 12.1 Å². The molecule has 1 aromatic carbocycles. The molecule has 26 heavy (non-hydrogen) atoms. The van der Waals surface area contributed by atoms with E-state index in [0.717, 1.165) is 0 Å². The second kappa shape index (κ2) is 5.58. The molecule has 0 radical (unpaired) electrons. The molecule has 4 rings (SSSR count). The van der Waals surface area contributed by atoms with E-state index < -0.39 is 23.8 Å². The van der Waals surface area contributed by atoms with Crippen LogP contribution in [0.3, 0.4) is 0 Å². The van der Waals surface area contributed by atoms with Gasteiger partial charge in [-0.25, -0.2) is 14.7 Å². The summed E-state index contributed by atoms with van der Waals surface area (Å²) in [5.41, 5.74) is 6.14. The minimum Gasteiger partial charge on any atom is -0.508 e. The molecule has 2 bridgehead atoms. The van der Waals surface area contributed by atoms with Gasteiger partial charge in [0.2, 0.25) is 0 Å². The standard InChI is InChI=1S/C16H17N3O7/c1-7(21)25-16-9(6-24-15(17)23)13-11(2-8(5-20)3-12(13)22)19(26-16)4-10-14(16)18-10/h2-3,5,9-10,14,18,22H,4,6H2,1H3,(H2,17,23)/t9-,10-,14-,16-/m1/s1. The van der Waals surface area contributed by atoms with Crippen LogP contribution in [0.2, 0.25) is 0 Å². The summed E-state index contributed by atoms with van der Waals surface area (Å²) in [4.78, 5) is 40.0. The van der Waals surface area contributed by atoms with Crippen LogP contribution in [0, 0.1) is 0 Å². The number of carbonyl (C=O) groups is 3. The Bertz CT molecular complexity index is 813. The number of hydrogen-bond donors (Lipinski definition) is 3. The zero-order valence-electron chi connectivity index (χ0n) is 13.8. The molecule has 2 saturated heterocycles. The Kier molecular flexibility index (Phi) is 3.56. The van der Waals surface area contributed by atoms with Gasteiger partial charge in [0.25, 0.3) is 5.79 Å². The van der Waals surface area contributed by atoms with Gasteiger partial charge in [-0.05, 0) is 12.1 Å². The Hall–Kier alpha value is -2.85. The van der Waals surface area contributed by atoms with Crippen molar-refractivity contribution in [1.82, 2.24) is 5.32 Å². The third kappa shape index (κ3) is 2.37. The molecule has 0 saturated carbocycles. The van der Waals surface area contributed by atoms with Gasteiger partial charge < -0.3 is 25.6 Å². The predicted molar refractivity (Wildman–Crippen MR) is 85.4 cm³/mol. The summed E-state index contributed by atoms with van der Waals surface area (Å²) in [7, 11) is 0. The fraction of sp³-hybridized carbons (Fsp3) is 0.438. The van der Waals surface area contributed by atoms with Gasteiger partial charge in [0, 0.05) is 24.1 Å². The van der Waals surface area contributed by atoms with Crippen LogP contribution in [0.15, 0.2) is 12.1 Å². The Morgan fingerprint density at radius 1 is 1.54 bits per heavy atom. The summed E-state index contributed by atoms with van der Waals surface area (Å²) < 4.78 is 10.5. The number of rotatable bonds is 4. The number of hydroxylamine groups is 1. The SMILES string of the molecule is CC(=O)O[C@]12ON(C[C@H]3N[C@H]31)c1cc(C=O)cc(O)c1[C@H]2COC(N)=O. The number of nitrogens with one attached hydrogen (secondary N) is 1. The van der Waals surface area contributed by atoms with Gasteiger partial charge in [0.15, 0.2) is 0 Å². The van der Waals surface area contributed by atoms with Crippen LogP contribution < -0.4 is 16.1 Å². The number of benzene rings is 1. The van der Waals surface area contributed by atoms with E-state index in [1.54, 1.807) is 6.07 Å². The van der Waals surface area contributed by atoms with E-state index in [9.17, 15) is 19.5 Å². The Morgan fingerprint density at radius 2 is 2.31 bits per heavy atom. The van der Waals surface area contributed by atoms with E-state index in [0.29, 0.717) is 24.1 Å². The first-order valence-electron chi connectivity index (χ1n) is 8.02. The molecule has 0 aromatic heterocycles. The van der Waals surface area contributed by atoms with Crippen molar-refractivity contribution >= 4 is 24.0 Å². The van der Waals surface area contributed by atoms with Crippen LogP contribution in [0.4, 0.5) is 10.5 Å². The maximum atomic E-state index is 11.8. The summed E-state index contributed by atoms with van der Waals surface area (Å²) in [6.07, 6.45) is -0.405. The number of ether oxygens (including phenoxy) is 2. The lowest BCUT2D eigenvalue weighted by molar-refractivity contribution is -0.263. The molecule has 3 aliphatic rings. The van der Waals surface area contributed by atoms with Crippen molar-refractivity contribution in [2.75, 3.05) is 18.2 Å². The number of phenols is 1. The highest BCUT2D eigenvalue weighted by Gasteiger charge is 2.68. The number of aldehydes is 1. The lowest BCUT2D eigenvalue weighted by Crippen LogP contribution is -2.61. The molecule has 3 aliphatic heterocycles. The maximum absolute atomic E-state index is 11.8. The first kappa shape index (κ1) is 16.6. The molecule has 2 fully saturated rings. The molecule has 0 spiro atoms. The van der Waals surface area contributed by atoms with Gasteiger partial charge in [-0.3, -0.25) is 9.59 Å². The van der Waals surface area contributed by atoms with Crippen molar-refractivity contribution in [3.8, 4) is 5.75 Å². The topological polar surface area (TPSA) is 150 Å². The summed E-state index contributed by atoms with van der Waals surface area (Å²) >= 11 is 0. The van der Waals surface area contributed by atoms with E-state index in [1.165, 1.54) is 18.1 Å². The summed E-state index contributed by atoms with van der Waals surface area (Å²) in [5, 5.41) is 15.2. The third-order valence-corrected chi connectivity index (χ3v) is 4.83. The molecule has 3 heterocycles. The number of aromatic hydroxyl groups is 1. The van der Waals surface area contributed by atoms with Crippen molar-refractivity contribution < 1.29 is 33.8 Å². The van der Waals surface area contributed by atoms with Gasteiger partial charge in [0.05, 0.1) is 24.2 Å². The van der Waals surface area contributed by atoms with Crippen molar-refractivity contribution in [3.05, 3.63) is 23.3 Å². The molecule has 10 heteroatoms. The molecule has 0 unspecified atom stereocenters. The van der Waals surface area contributed by atoms with Crippen LogP contribution in [0.1, 0.15) is 28.8 Å². The lowest BCUT2D eigenvalue weighted by Gasteiger charge is -2.49. The van der Waals surface area contributed by atoms with E-state index >= 15 is 0 Å². The number of phenolic OH excluding ortho intramolecular Hbond substituents is 1. The molecule has 10 nitrogen and oxygen atoms in total. The van der Waals surface area contributed by atoms with Gasteiger partial charge in [-0.1, -0.05) is 0 Å². The van der Waals surface area contributed by atoms with Crippen molar-refractivity contribution in [3.63, 3.8) is 0 Å². The van der Waals surface area contributed by atoms with E-state index in [1.807, 2.05) is 0 Å². The van der Waals surface area contributed by atoms with Crippen molar-refractivity contribution in [1.29, 1.82) is 0 Å². The van der Waals surface area contributed by atoms with Crippen LogP contribution in [0.25, 0.3) is 0 Å². The molecule has 1 amide bonds. The summed E-state index contributed by atoms with van der Waals surface area (Å²) in [6.45, 7) is 1.40. The third-order valence-electron chi connectivity index (χ3n) is 4.83. The number of fused-ring (bicyclic) bond motifs is 6. The van der Waals surface area contributed by atoms with E-state index in [4.69, 9.17) is 20.0 Å². The number of anilines is 1.